The molecule has 7 heteroatoms. The Morgan fingerprint density at radius 1 is 0.773 bits per heavy atom. The second-order valence-electron chi connectivity index (χ2n) is 4.17. The van der Waals surface area contributed by atoms with Gasteiger partial charge in [0, 0.05) is 0 Å². The zero-order chi connectivity index (χ0) is 15.8. The second-order valence-corrected chi connectivity index (χ2v) is 4.17. The molecule has 2 aromatic carbocycles. The fourth-order valence-corrected chi connectivity index (χ4v) is 1.45. The third-order valence-corrected chi connectivity index (χ3v) is 2.50. The van der Waals surface area contributed by atoms with Gasteiger partial charge in [-0.05, 0) is 35.4 Å². The van der Waals surface area contributed by atoms with Crippen LogP contribution in [0.25, 0.3) is 0 Å². The monoisotopic (exact) mass is 302 g/mol. The zero-order valence-electron chi connectivity index (χ0n) is 11.3. The average Bonchev–Trinajstić information content (AvgIpc) is 2.51. The molecule has 0 aliphatic rings. The lowest BCUT2D eigenvalue weighted by atomic mass is 10.2. The molecule has 112 valence electrons. The molecule has 5 nitrogen and oxygen atoms in total. The highest BCUT2D eigenvalue weighted by molar-refractivity contribution is 5.83. The number of benzene rings is 2. The third kappa shape index (κ3) is 5.12. The topological polar surface area (TPSA) is 65.8 Å². The molecule has 0 aromatic heterocycles. The molecule has 2 rings (SSSR count). The summed E-state index contributed by atoms with van der Waals surface area (Å²) < 4.78 is 25.4. The summed E-state index contributed by atoms with van der Waals surface area (Å²) in [6, 6.07) is 10.6. The molecule has 0 bridgehead atoms. The van der Waals surface area contributed by atoms with E-state index in [-0.39, 0.29) is 11.6 Å². The summed E-state index contributed by atoms with van der Waals surface area (Å²) in [6.07, 6.45) is 2.73. The summed E-state index contributed by atoms with van der Waals surface area (Å²) in [4.78, 5) is 11.4. The lowest BCUT2D eigenvalue weighted by molar-refractivity contribution is 0.242. The van der Waals surface area contributed by atoms with E-state index in [0.717, 1.165) is 0 Å². The number of halogens is 2. The first-order valence-electron chi connectivity index (χ1n) is 6.27. The summed E-state index contributed by atoms with van der Waals surface area (Å²) in [7, 11) is 0. The predicted octanol–water partition coefficient (Wildman–Crippen LogP) is 2.63. The summed E-state index contributed by atoms with van der Waals surface area (Å²) >= 11 is 0. The molecule has 0 spiro atoms. The van der Waals surface area contributed by atoms with Crippen LogP contribution in [0.15, 0.2) is 58.7 Å². The van der Waals surface area contributed by atoms with Crippen molar-refractivity contribution in [1.29, 1.82) is 0 Å². The highest BCUT2D eigenvalue weighted by Gasteiger charge is 1.95. The zero-order valence-corrected chi connectivity index (χ0v) is 11.3. The van der Waals surface area contributed by atoms with Crippen LogP contribution in [-0.4, -0.2) is 18.5 Å². The minimum Gasteiger partial charge on any atom is -0.245 e. The summed E-state index contributed by atoms with van der Waals surface area (Å²) in [5, 5.41) is 7.35. The van der Waals surface area contributed by atoms with Crippen molar-refractivity contribution in [3.8, 4) is 0 Å². The van der Waals surface area contributed by atoms with Gasteiger partial charge in [0.15, 0.2) is 0 Å². The Balaban J connectivity index is 1.78. The molecule has 0 saturated heterocycles. The molecule has 22 heavy (non-hydrogen) atoms. The molecular formula is C15H12F2N4O. The van der Waals surface area contributed by atoms with E-state index in [2.05, 4.69) is 21.1 Å². The van der Waals surface area contributed by atoms with Crippen LogP contribution in [0.3, 0.4) is 0 Å². The van der Waals surface area contributed by atoms with Crippen molar-refractivity contribution < 1.29 is 13.6 Å². The smallest absolute Gasteiger partial charge is 0.245 e. The number of carbonyl (C=O) groups excluding carboxylic acids is 1. The van der Waals surface area contributed by atoms with E-state index < -0.39 is 6.03 Å². The maximum absolute atomic E-state index is 12.7. The first-order chi connectivity index (χ1) is 10.6. The number of hydrogen-bond donors (Lipinski definition) is 2. The van der Waals surface area contributed by atoms with E-state index in [4.69, 9.17) is 0 Å². The van der Waals surface area contributed by atoms with Gasteiger partial charge in [0.05, 0.1) is 12.4 Å². The molecule has 0 atom stereocenters. The fraction of sp³-hybridized carbons (Fsp3) is 0. The van der Waals surface area contributed by atoms with Crippen LogP contribution >= 0.6 is 0 Å². The molecule has 2 aromatic rings. The summed E-state index contributed by atoms with van der Waals surface area (Å²) in [5.41, 5.74) is 5.66. The van der Waals surface area contributed by atoms with E-state index in [1.165, 1.54) is 61.0 Å². The molecule has 0 unspecified atom stereocenters. The van der Waals surface area contributed by atoms with E-state index >= 15 is 0 Å². The minimum absolute atomic E-state index is 0.349. The number of nitrogens with one attached hydrogen (secondary N) is 2. The van der Waals surface area contributed by atoms with Crippen LogP contribution < -0.4 is 10.9 Å². The Kier molecular flexibility index (Phi) is 5.31. The lowest BCUT2D eigenvalue weighted by Crippen LogP contribution is -2.28. The van der Waals surface area contributed by atoms with Crippen LogP contribution in [0.2, 0.25) is 0 Å². The van der Waals surface area contributed by atoms with Crippen LogP contribution in [0.4, 0.5) is 13.6 Å². The first kappa shape index (κ1) is 15.3. The first-order valence-corrected chi connectivity index (χ1v) is 6.27. The summed E-state index contributed by atoms with van der Waals surface area (Å²) in [6.45, 7) is 0. The highest BCUT2D eigenvalue weighted by Crippen LogP contribution is 2.00. The van der Waals surface area contributed by atoms with Gasteiger partial charge < -0.3 is 0 Å². The number of hydrogen-bond acceptors (Lipinski definition) is 3. The van der Waals surface area contributed by atoms with Crippen LogP contribution in [-0.2, 0) is 0 Å². The normalized spacial score (nSPS) is 11.0. The molecular weight excluding hydrogens is 290 g/mol. The largest absolute Gasteiger partial charge is 0.355 e. The number of amides is 2. The van der Waals surface area contributed by atoms with E-state index in [1.807, 2.05) is 0 Å². The summed E-state index contributed by atoms with van der Waals surface area (Å²) in [5.74, 6) is -0.698. The number of hydrazone groups is 2. The number of rotatable bonds is 4. The van der Waals surface area contributed by atoms with E-state index in [0.29, 0.717) is 11.1 Å². The number of nitrogens with zero attached hydrogens (tertiary/aromatic N) is 2. The van der Waals surface area contributed by atoms with Crippen LogP contribution in [0.1, 0.15) is 11.1 Å². The van der Waals surface area contributed by atoms with Crippen molar-refractivity contribution in [3.05, 3.63) is 71.3 Å². The Morgan fingerprint density at radius 3 is 1.50 bits per heavy atom. The molecule has 0 radical (unpaired) electrons. The lowest BCUT2D eigenvalue weighted by Gasteiger charge is -1.98. The van der Waals surface area contributed by atoms with Gasteiger partial charge in [0.2, 0.25) is 0 Å². The average molecular weight is 302 g/mol. The van der Waals surface area contributed by atoms with Gasteiger partial charge in [-0.2, -0.15) is 10.2 Å². The Labute approximate surface area is 125 Å². The maximum atomic E-state index is 12.7. The van der Waals surface area contributed by atoms with Gasteiger partial charge >= 0.3 is 6.03 Å². The Bertz CT molecular complexity index is 622. The number of urea groups is 1. The number of carbonyl (C=O) groups is 1. The van der Waals surface area contributed by atoms with Crippen molar-refractivity contribution in [1.82, 2.24) is 10.9 Å². The van der Waals surface area contributed by atoms with Gasteiger partial charge in [-0.15, -0.1) is 0 Å². The van der Waals surface area contributed by atoms with Crippen LogP contribution in [0, 0.1) is 11.6 Å². The van der Waals surface area contributed by atoms with Gasteiger partial charge in [0.25, 0.3) is 0 Å². The molecule has 0 fully saturated rings. The van der Waals surface area contributed by atoms with Crippen LogP contribution in [0.5, 0.6) is 0 Å². The molecule has 0 aliphatic carbocycles. The molecule has 2 N–H and O–H groups in total. The Hall–Kier alpha value is -3.09. The van der Waals surface area contributed by atoms with Gasteiger partial charge in [-0.3, -0.25) is 0 Å². The molecule has 0 saturated carbocycles. The van der Waals surface area contributed by atoms with E-state index in [9.17, 15) is 13.6 Å². The highest BCUT2D eigenvalue weighted by atomic mass is 19.1. The van der Waals surface area contributed by atoms with Crippen molar-refractivity contribution >= 4 is 18.5 Å². The van der Waals surface area contributed by atoms with E-state index in [1.54, 1.807) is 0 Å². The fourth-order valence-electron chi connectivity index (χ4n) is 1.45. The third-order valence-electron chi connectivity index (χ3n) is 2.50. The van der Waals surface area contributed by atoms with Gasteiger partial charge in [-0.1, -0.05) is 24.3 Å². The van der Waals surface area contributed by atoms with Crippen molar-refractivity contribution in [2.75, 3.05) is 0 Å². The molecule has 0 heterocycles. The van der Waals surface area contributed by atoms with Gasteiger partial charge in [-0.25, -0.2) is 24.4 Å². The van der Waals surface area contributed by atoms with Crippen molar-refractivity contribution in [2.45, 2.75) is 0 Å². The maximum Gasteiger partial charge on any atom is 0.355 e. The van der Waals surface area contributed by atoms with Crippen molar-refractivity contribution in [2.24, 2.45) is 10.2 Å². The minimum atomic E-state index is -0.642. The molecule has 0 aliphatic heterocycles. The van der Waals surface area contributed by atoms with Crippen molar-refractivity contribution in [3.63, 3.8) is 0 Å². The molecule has 2 amide bonds. The van der Waals surface area contributed by atoms with Gasteiger partial charge in [0.1, 0.15) is 11.6 Å². The predicted molar refractivity (Wildman–Crippen MR) is 79.7 cm³/mol. The SMILES string of the molecule is O=C(N/N=C\c1ccc(F)cc1)N/N=C\c1ccc(F)cc1. The Morgan fingerprint density at radius 2 is 1.14 bits per heavy atom. The second kappa shape index (κ2) is 7.63. The standard InChI is InChI=1S/C15H12F2N4O/c16-13-5-1-11(2-6-13)9-18-20-15(22)21-19-10-12-3-7-14(17)8-4-12/h1-10H,(H2,20,21,22)/b18-9-,19-10-. The quantitative estimate of drug-likeness (QED) is 0.662.